The Bertz CT molecular complexity index is 353. The second kappa shape index (κ2) is 4.31. The third kappa shape index (κ3) is 2.29. The summed E-state index contributed by atoms with van der Waals surface area (Å²) < 4.78 is 12.8. The molecule has 0 radical (unpaired) electrons. The summed E-state index contributed by atoms with van der Waals surface area (Å²) in [6.45, 7) is 0. The molecule has 82 valence electrons. The van der Waals surface area contributed by atoms with Gasteiger partial charge in [0.05, 0.1) is 0 Å². The summed E-state index contributed by atoms with van der Waals surface area (Å²) in [4.78, 5) is 0. The Morgan fingerprint density at radius 1 is 1.33 bits per heavy atom. The van der Waals surface area contributed by atoms with Gasteiger partial charge in [0.15, 0.2) is 0 Å². The van der Waals surface area contributed by atoms with E-state index in [9.17, 15) is 4.39 Å². The summed E-state index contributed by atoms with van der Waals surface area (Å²) in [6, 6.07) is 4.60. The first-order valence-corrected chi connectivity index (χ1v) is 6.06. The first-order valence-electron chi connectivity index (χ1n) is 5.15. The van der Waals surface area contributed by atoms with Crippen molar-refractivity contribution in [1.82, 2.24) is 0 Å². The van der Waals surface area contributed by atoms with Crippen molar-refractivity contribution in [2.24, 2.45) is 5.41 Å². The van der Waals surface area contributed by atoms with Gasteiger partial charge >= 0.3 is 0 Å². The molecular formula is C12H13Cl2F. The predicted octanol–water partition coefficient (Wildman–Crippen LogP) is 4.43. The fraction of sp³-hybridized carbons (Fsp3) is 0.500. The van der Waals surface area contributed by atoms with E-state index in [0.29, 0.717) is 10.9 Å². The van der Waals surface area contributed by atoms with Crippen molar-refractivity contribution < 1.29 is 4.39 Å². The lowest BCUT2D eigenvalue weighted by Crippen LogP contribution is -2.33. The monoisotopic (exact) mass is 246 g/mol. The molecule has 1 saturated carbocycles. The van der Waals surface area contributed by atoms with E-state index in [-0.39, 0.29) is 11.2 Å². The first-order chi connectivity index (χ1) is 7.15. The van der Waals surface area contributed by atoms with Crippen molar-refractivity contribution in [2.45, 2.75) is 25.7 Å². The molecular weight excluding hydrogens is 234 g/mol. The third-order valence-corrected chi connectivity index (χ3v) is 4.20. The van der Waals surface area contributed by atoms with Gasteiger partial charge in [-0.15, -0.1) is 11.6 Å². The molecule has 1 aliphatic rings. The maximum atomic E-state index is 12.8. The fourth-order valence-electron chi connectivity index (χ4n) is 2.10. The highest BCUT2D eigenvalue weighted by Gasteiger charge is 2.36. The smallest absolute Gasteiger partial charge is 0.124 e. The van der Waals surface area contributed by atoms with E-state index in [1.807, 2.05) is 0 Å². The summed E-state index contributed by atoms with van der Waals surface area (Å²) in [5, 5.41) is 0.520. The molecule has 0 atom stereocenters. The Morgan fingerprint density at radius 2 is 2.07 bits per heavy atom. The summed E-state index contributed by atoms with van der Waals surface area (Å²) in [7, 11) is 0. The summed E-state index contributed by atoms with van der Waals surface area (Å²) >= 11 is 12.0. The molecule has 0 aromatic heterocycles. The molecule has 0 heterocycles. The number of benzene rings is 1. The van der Waals surface area contributed by atoms with E-state index in [1.54, 1.807) is 6.07 Å². The minimum Gasteiger partial charge on any atom is -0.207 e. The maximum Gasteiger partial charge on any atom is 0.124 e. The molecule has 0 unspecified atom stereocenters. The highest BCUT2D eigenvalue weighted by atomic mass is 35.5. The second-order valence-corrected chi connectivity index (χ2v) is 5.07. The van der Waals surface area contributed by atoms with Crippen molar-refractivity contribution in [1.29, 1.82) is 0 Å². The lowest BCUT2D eigenvalue weighted by Gasteiger charge is -2.40. The Hall–Kier alpha value is -0.270. The molecule has 1 aromatic rings. The average molecular weight is 247 g/mol. The van der Waals surface area contributed by atoms with Gasteiger partial charge in [0.25, 0.3) is 0 Å². The van der Waals surface area contributed by atoms with Crippen LogP contribution in [0.5, 0.6) is 0 Å². The number of halogens is 3. The number of hydrogen-bond acceptors (Lipinski definition) is 0. The normalized spacial score (nSPS) is 18.6. The fourth-order valence-corrected chi connectivity index (χ4v) is 2.70. The molecule has 2 rings (SSSR count). The topological polar surface area (TPSA) is 0 Å². The zero-order valence-electron chi connectivity index (χ0n) is 8.40. The Balaban J connectivity index is 2.16. The van der Waals surface area contributed by atoms with E-state index in [1.165, 1.54) is 18.6 Å². The maximum absolute atomic E-state index is 12.8. The number of hydrogen-bond donors (Lipinski definition) is 0. The lowest BCUT2D eigenvalue weighted by molar-refractivity contribution is 0.166. The molecule has 0 spiro atoms. The number of alkyl halides is 1. The van der Waals surface area contributed by atoms with E-state index in [4.69, 9.17) is 23.2 Å². The van der Waals surface area contributed by atoms with Gasteiger partial charge in [-0.2, -0.15) is 0 Å². The van der Waals surface area contributed by atoms with Gasteiger partial charge in [0.2, 0.25) is 0 Å². The van der Waals surface area contributed by atoms with Crippen LogP contribution >= 0.6 is 23.2 Å². The van der Waals surface area contributed by atoms with Crippen LogP contribution in [-0.4, -0.2) is 5.88 Å². The molecule has 0 bridgehead atoms. The van der Waals surface area contributed by atoms with Gasteiger partial charge in [-0.1, -0.05) is 24.1 Å². The molecule has 0 saturated heterocycles. The Labute approximate surface area is 99.4 Å². The van der Waals surface area contributed by atoms with Gasteiger partial charge in [-0.25, -0.2) is 4.39 Å². The van der Waals surface area contributed by atoms with Crippen LogP contribution in [0, 0.1) is 11.2 Å². The van der Waals surface area contributed by atoms with Crippen LogP contribution in [0.1, 0.15) is 24.8 Å². The van der Waals surface area contributed by atoms with Crippen molar-refractivity contribution >= 4 is 23.2 Å². The molecule has 0 nitrogen and oxygen atoms in total. The molecule has 0 aliphatic heterocycles. The summed E-state index contributed by atoms with van der Waals surface area (Å²) in [5.41, 5.74) is 1.22. The van der Waals surface area contributed by atoms with Gasteiger partial charge in [0.1, 0.15) is 5.82 Å². The van der Waals surface area contributed by atoms with E-state index in [2.05, 4.69) is 0 Å². The molecule has 1 aromatic carbocycles. The van der Waals surface area contributed by atoms with Gasteiger partial charge in [-0.3, -0.25) is 0 Å². The zero-order chi connectivity index (χ0) is 10.9. The van der Waals surface area contributed by atoms with Crippen LogP contribution in [0.4, 0.5) is 4.39 Å². The summed E-state index contributed by atoms with van der Waals surface area (Å²) in [5.74, 6) is 0.387. The molecule has 1 fully saturated rings. The minimum absolute atomic E-state index is 0.211. The molecule has 0 amide bonds. The van der Waals surface area contributed by atoms with Crippen LogP contribution in [0.15, 0.2) is 18.2 Å². The highest BCUT2D eigenvalue weighted by Crippen LogP contribution is 2.45. The zero-order valence-corrected chi connectivity index (χ0v) is 9.91. The van der Waals surface area contributed by atoms with Crippen LogP contribution in [0.3, 0.4) is 0 Å². The standard InChI is InChI=1S/C12H13Cl2F/c13-8-12(4-1-5-12)7-9-2-3-10(15)6-11(9)14/h2-3,6H,1,4-5,7-8H2. The van der Waals surface area contributed by atoms with Gasteiger partial charge in [-0.05, 0) is 42.4 Å². The Morgan fingerprint density at radius 3 is 2.53 bits per heavy atom. The van der Waals surface area contributed by atoms with Crippen molar-refractivity contribution in [2.75, 3.05) is 5.88 Å². The van der Waals surface area contributed by atoms with E-state index >= 15 is 0 Å². The van der Waals surface area contributed by atoms with Crippen LogP contribution in [0.2, 0.25) is 5.02 Å². The van der Waals surface area contributed by atoms with Crippen LogP contribution < -0.4 is 0 Å². The highest BCUT2D eigenvalue weighted by molar-refractivity contribution is 6.31. The molecule has 15 heavy (non-hydrogen) atoms. The van der Waals surface area contributed by atoms with Crippen LogP contribution in [-0.2, 0) is 6.42 Å². The average Bonchev–Trinajstić information content (AvgIpc) is 2.14. The minimum atomic E-state index is -0.280. The van der Waals surface area contributed by atoms with Crippen molar-refractivity contribution in [3.05, 3.63) is 34.6 Å². The largest absolute Gasteiger partial charge is 0.207 e. The Kier molecular flexibility index (Phi) is 3.22. The van der Waals surface area contributed by atoms with Gasteiger partial charge in [0, 0.05) is 10.9 Å². The number of rotatable bonds is 3. The van der Waals surface area contributed by atoms with E-state index in [0.717, 1.165) is 24.8 Å². The third-order valence-electron chi connectivity index (χ3n) is 3.28. The summed E-state index contributed by atoms with van der Waals surface area (Å²) in [6.07, 6.45) is 4.43. The molecule has 0 N–H and O–H groups in total. The predicted molar refractivity (Wildman–Crippen MR) is 62.1 cm³/mol. The van der Waals surface area contributed by atoms with Gasteiger partial charge < -0.3 is 0 Å². The SMILES string of the molecule is Fc1ccc(CC2(CCl)CCC2)c(Cl)c1. The molecule has 1 aliphatic carbocycles. The van der Waals surface area contributed by atoms with E-state index < -0.39 is 0 Å². The van der Waals surface area contributed by atoms with Crippen LogP contribution in [0.25, 0.3) is 0 Å². The van der Waals surface area contributed by atoms with Crippen molar-refractivity contribution in [3.8, 4) is 0 Å². The molecule has 3 heteroatoms. The quantitative estimate of drug-likeness (QED) is 0.693. The second-order valence-electron chi connectivity index (χ2n) is 4.40. The first kappa shape index (κ1) is 11.2. The lowest BCUT2D eigenvalue weighted by atomic mass is 9.67. The van der Waals surface area contributed by atoms with Crippen molar-refractivity contribution in [3.63, 3.8) is 0 Å².